The van der Waals surface area contributed by atoms with Gasteiger partial charge in [0.2, 0.25) is 0 Å². The van der Waals surface area contributed by atoms with Crippen molar-refractivity contribution in [3.8, 4) is 11.5 Å². The first-order valence-corrected chi connectivity index (χ1v) is 11.3. The van der Waals surface area contributed by atoms with Gasteiger partial charge in [-0.25, -0.2) is 0 Å². The van der Waals surface area contributed by atoms with Gasteiger partial charge in [-0.2, -0.15) is 0 Å². The Kier molecular flexibility index (Phi) is 10.7. The van der Waals surface area contributed by atoms with Crippen LogP contribution in [0.1, 0.15) is 22.3 Å². The van der Waals surface area contributed by atoms with Gasteiger partial charge in [0.05, 0.1) is 40.6 Å². The zero-order valence-electron chi connectivity index (χ0n) is 19.9. The minimum Gasteiger partial charge on any atom is -0.497 e. The van der Waals surface area contributed by atoms with Crippen LogP contribution in [0.25, 0.3) is 0 Å². The summed E-state index contributed by atoms with van der Waals surface area (Å²) in [7, 11) is 3.32. The first-order chi connectivity index (χ1) is 16.8. The van der Waals surface area contributed by atoms with Crippen LogP contribution in [0.3, 0.4) is 0 Å². The van der Waals surface area contributed by atoms with E-state index in [2.05, 4.69) is 24.3 Å². The van der Waals surface area contributed by atoms with Gasteiger partial charge in [-0.05, 0) is 46.5 Å². The van der Waals surface area contributed by atoms with Crippen molar-refractivity contribution >= 4 is 0 Å². The number of rotatable bonds is 10. The quantitative estimate of drug-likeness (QED) is 0.262. The summed E-state index contributed by atoms with van der Waals surface area (Å²) in [6, 6.07) is 36.2. The van der Waals surface area contributed by atoms with Crippen LogP contribution in [-0.4, -0.2) is 14.2 Å². The predicted molar refractivity (Wildman–Crippen MR) is 136 cm³/mol. The highest BCUT2D eigenvalue weighted by Crippen LogP contribution is 2.14. The normalized spacial score (nSPS) is 10.2. The van der Waals surface area contributed by atoms with Crippen LogP contribution in [0.2, 0.25) is 0 Å². The Hall–Kier alpha value is -3.60. The second-order valence-corrected chi connectivity index (χ2v) is 7.65. The maximum atomic E-state index is 5.67. The lowest BCUT2D eigenvalue weighted by molar-refractivity contribution is 0.107. The Morgan fingerprint density at radius 3 is 0.971 bits per heavy atom. The Balaban J connectivity index is 0.000000196. The largest absolute Gasteiger partial charge is 0.497 e. The van der Waals surface area contributed by atoms with Gasteiger partial charge < -0.3 is 18.9 Å². The van der Waals surface area contributed by atoms with Gasteiger partial charge in [-0.15, -0.1) is 0 Å². The highest BCUT2D eigenvalue weighted by molar-refractivity contribution is 5.28. The topological polar surface area (TPSA) is 36.9 Å². The lowest BCUT2D eigenvalue weighted by atomic mass is 10.2. The number of hydrogen-bond acceptors (Lipinski definition) is 4. The molecular formula is C30H32O4. The van der Waals surface area contributed by atoms with E-state index in [4.69, 9.17) is 18.9 Å². The third kappa shape index (κ3) is 9.10. The van der Waals surface area contributed by atoms with Crippen molar-refractivity contribution in [1.29, 1.82) is 0 Å². The lowest BCUT2D eigenvalue weighted by Crippen LogP contribution is -1.94. The molecule has 0 atom stereocenters. The number of methoxy groups -OCH3 is 2. The molecule has 4 aromatic carbocycles. The van der Waals surface area contributed by atoms with E-state index in [0.29, 0.717) is 26.4 Å². The second-order valence-electron chi connectivity index (χ2n) is 7.65. The Morgan fingerprint density at radius 2 is 0.676 bits per heavy atom. The highest BCUT2D eigenvalue weighted by atomic mass is 16.5. The van der Waals surface area contributed by atoms with E-state index in [0.717, 1.165) is 22.6 Å². The van der Waals surface area contributed by atoms with Gasteiger partial charge >= 0.3 is 0 Å². The van der Waals surface area contributed by atoms with E-state index in [1.54, 1.807) is 14.2 Å². The van der Waals surface area contributed by atoms with Crippen LogP contribution in [0, 0.1) is 0 Å². The van der Waals surface area contributed by atoms with Gasteiger partial charge in [-0.1, -0.05) is 84.9 Å². The summed E-state index contributed by atoms with van der Waals surface area (Å²) in [5.41, 5.74) is 4.70. The summed E-state index contributed by atoms with van der Waals surface area (Å²) in [5.74, 6) is 1.72. The molecule has 0 unspecified atom stereocenters. The fourth-order valence-corrected chi connectivity index (χ4v) is 3.17. The molecule has 0 aliphatic carbocycles. The molecule has 0 N–H and O–H groups in total. The summed E-state index contributed by atoms with van der Waals surface area (Å²) >= 11 is 0. The summed E-state index contributed by atoms with van der Waals surface area (Å²) < 4.78 is 21.5. The third-order valence-corrected chi connectivity index (χ3v) is 5.08. The van der Waals surface area contributed by atoms with Crippen molar-refractivity contribution in [1.82, 2.24) is 0 Å². The number of ether oxygens (including phenoxy) is 4. The summed E-state index contributed by atoms with van der Waals surface area (Å²) in [5, 5.41) is 0. The van der Waals surface area contributed by atoms with Gasteiger partial charge in [0.15, 0.2) is 0 Å². The first kappa shape index (κ1) is 25.0. The monoisotopic (exact) mass is 456 g/mol. The molecule has 0 bridgehead atoms. The Bertz CT molecular complexity index is 959. The molecule has 0 saturated heterocycles. The minimum atomic E-state index is 0.593. The van der Waals surface area contributed by atoms with Crippen molar-refractivity contribution < 1.29 is 18.9 Å². The third-order valence-electron chi connectivity index (χ3n) is 5.08. The van der Waals surface area contributed by atoms with Gasteiger partial charge in [0.1, 0.15) is 11.5 Å². The van der Waals surface area contributed by atoms with Crippen molar-refractivity contribution in [3.63, 3.8) is 0 Å². The second kappa shape index (κ2) is 14.5. The molecule has 34 heavy (non-hydrogen) atoms. The molecule has 0 saturated carbocycles. The molecule has 0 fully saturated rings. The summed E-state index contributed by atoms with van der Waals surface area (Å²) in [6.45, 7) is 2.54. The van der Waals surface area contributed by atoms with Crippen molar-refractivity contribution in [2.45, 2.75) is 26.4 Å². The molecule has 176 valence electrons. The Morgan fingerprint density at radius 1 is 0.382 bits per heavy atom. The number of benzene rings is 4. The molecule has 4 rings (SSSR count). The Labute approximate surface area is 202 Å². The average molecular weight is 457 g/mol. The molecule has 0 heterocycles. The first-order valence-electron chi connectivity index (χ1n) is 11.3. The minimum absolute atomic E-state index is 0.593. The molecular weight excluding hydrogens is 424 g/mol. The molecule has 4 heteroatoms. The standard InChI is InChI=1S/C16H18O3.C14H14O/c1-17-15-7-3-13(4-8-15)11-19-12-14-5-9-16(18-2)10-6-14;1-3-7-13(8-4-1)11-15-12-14-9-5-2-6-10-14/h3-10H,11-12H2,1-2H3;1-10H,11-12H2. The van der Waals surface area contributed by atoms with E-state index in [-0.39, 0.29) is 0 Å². The maximum Gasteiger partial charge on any atom is 0.118 e. The fraction of sp³-hybridized carbons (Fsp3) is 0.200. The van der Waals surface area contributed by atoms with Crippen LogP contribution in [0.15, 0.2) is 109 Å². The molecule has 0 spiro atoms. The van der Waals surface area contributed by atoms with E-state index >= 15 is 0 Å². The highest BCUT2D eigenvalue weighted by Gasteiger charge is 1.98. The SMILES string of the molecule is COc1ccc(COCc2ccc(OC)cc2)cc1.c1ccc(COCc2ccccc2)cc1. The zero-order chi connectivity index (χ0) is 23.8. The van der Waals surface area contributed by atoms with Crippen LogP contribution in [0.4, 0.5) is 0 Å². The van der Waals surface area contributed by atoms with Crippen LogP contribution < -0.4 is 9.47 Å². The average Bonchev–Trinajstić information content (AvgIpc) is 2.91. The van der Waals surface area contributed by atoms with Gasteiger partial charge in [-0.3, -0.25) is 0 Å². The number of hydrogen-bond donors (Lipinski definition) is 0. The van der Waals surface area contributed by atoms with E-state index in [1.165, 1.54) is 11.1 Å². The van der Waals surface area contributed by atoms with Crippen LogP contribution in [-0.2, 0) is 35.9 Å². The molecule has 0 aliphatic heterocycles. The van der Waals surface area contributed by atoms with Gasteiger partial charge in [0.25, 0.3) is 0 Å². The van der Waals surface area contributed by atoms with Crippen molar-refractivity contribution in [3.05, 3.63) is 131 Å². The van der Waals surface area contributed by atoms with E-state index in [9.17, 15) is 0 Å². The molecule has 4 nitrogen and oxygen atoms in total. The molecule has 0 aromatic heterocycles. The lowest BCUT2D eigenvalue weighted by Gasteiger charge is -2.06. The molecule has 0 radical (unpaired) electrons. The van der Waals surface area contributed by atoms with E-state index in [1.807, 2.05) is 84.9 Å². The zero-order valence-corrected chi connectivity index (χ0v) is 19.9. The van der Waals surface area contributed by atoms with Crippen LogP contribution >= 0.6 is 0 Å². The van der Waals surface area contributed by atoms with Crippen molar-refractivity contribution in [2.75, 3.05) is 14.2 Å². The van der Waals surface area contributed by atoms with Gasteiger partial charge in [0, 0.05) is 0 Å². The van der Waals surface area contributed by atoms with E-state index < -0.39 is 0 Å². The maximum absolute atomic E-state index is 5.67. The fourth-order valence-electron chi connectivity index (χ4n) is 3.17. The smallest absolute Gasteiger partial charge is 0.118 e. The van der Waals surface area contributed by atoms with Crippen molar-refractivity contribution in [2.24, 2.45) is 0 Å². The predicted octanol–water partition coefficient (Wildman–Crippen LogP) is 6.82. The molecule has 0 aliphatic rings. The molecule has 0 amide bonds. The summed E-state index contributed by atoms with van der Waals surface area (Å²) in [6.07, 6.45) is 0. The molecule has 4 aromatic rings. The summed E-state index contributed by atoms with van der Waals surface area (Å²) in [4.78, 5) is 0. The van der Waals surface area contributed by atoms with Crippen LogP contribution in [0.5, 0.6) is 11.5 Å².